The van der Waals surface area contributed by atoms with Crippen molar-refractivity contribution in [2.75, 3.05) is 20.1 Å². The van der Waals surface area contributed by atoms with Crippen molar-refractivity contribution in [2.45, 2.75) is 44.3 Å². The van der Waals surface area contributed by atoms with E-state index in [4.69, 9.17) is 5.26 Å². The minimum Gasteiger partial charge on any atom is -0.406 e. The molecular formula is C22H25F4N5O3. The first kappa shape index (κ1) is 25.1. The van der Waals surface area contributed by atoms with Crippen LogP contribution in [0.15, 0.2) is 30.4 Å². The lowest BCUT2D eigenvalue weighted by molar-refractivity contribution is -0.274. The quantitative estimate of drug-likeness (QED) is 0.478. The molecule has 2 fully saturated rings. The highest BCUT2D eigenvalue weighted by Crippen LogP contribution is 2.33. The minimum atomic E-state index is -4.93. The highest BCUT2D eigenvalue weighted by molar-refractivity contribution is 5.76. The Hall–Kier alpha value is -3.49. The lowest BCUT2D eigenvalue weighted by Gasteiger charge is -2.42. The van der Waals surface area contributed by atoms with Gasteiger partial charge in [0.15, 0.2) is 0 Å². The van der Waals surface area contributed by atoms with Crippen molar-refractivity contribution in [3.8, 4) is 11.8 Å². The van der Waals surface area contributed by atoms with Gasteiger partial charge in [0.05, 0.1) is 12.1 Å². The summed E-state index contributed by atoms with van der Waals surface area (Å²) in [6.45, 7) is 0.480. The van der Waals surface area contributed by atoms with Crippen molar-refractivity contribution < 1.29 is 31.9 Å². The number of carbonyl (C=O) groups is 2. The lowest BCUT2D eigenvalue weighted by Crippen LogP contribution is -2.57. The summed E-state index contributed by atoms with van der Waals surface area (Å²) in [4.78, 5) is 28.6. The number of allylic oxidation sites excluding steroid dienone is 1. The molecule has 0 radical (unpaired) electrons. The number of likely N-dealkylation sites (tertiary alicyclic amines) is 1. The number of nitriles is 1. The molecule has 1 aliphatic carbocycles. The Balaban J connectivity index is 1.70. The number of halogens is 4. The Labute approximate surface area is 194 Å². The first-order valence-corrected chi connectivity index (χ1v) is 10.7. The third-order valence-electron chi connectivity index (χ3n) is 5.66. The second kappa shape index (κ2) is 10.6. The van der Waals surface area contributed by atoms with Gasteiger partial charge in [-0.3, -0.25) is 0 Å². The van der Waals surface area contributed by atoms with Crippen LogP contribution in [0.4, 0.5) is 27.2 Å². The molecule has 1 heterocycles. The van der Waals surface area contributed by atoms with E-state index in [1.165, 1.54) is 13.1 Å². The SMILES string of the molecule is CNC(=O)N1CC(N(C(=O)NCc2ccc(OC(F)(F)F)cc2F)C2CC2)C[C@H](/C=C/C#N)C1. The molecule has 1 saturated carbocycles. The van der Waals surface area contributed by atoms with Crippen molar-refractivity contribution in [3.05, 3.63) is 41.7 Å². The van der Waals surface area contributed by atoms with E-state index in [9.17, 15) is 27.2 Å². The largest absolute Gasteiger partial charge is 0.573 e. The van der Waals surface area contributed by atoms with Crippen LogP contribution in [0.2, 0.25) is 0 Å². The molecule has 2 aliphatic rings. The number of piperidine rings is 1. The molecule has 1 aromatic carbocycles. The summed E-state index contributed by atoms with van der Waals surface area (Å²) in [5.41, 5.74) is 0.00378. The number of rotatable bonds is 6. The summed E-state index contributed by atoms with van der Waals surface area (Å²) >= 11 is 0. The maximum Gasteiger partial charge on any atom is 0.573 e. The zero-order chi connectivity index (χ0) is 24.9. The van der Waals surface area contributed by atoms with Crippen molar-refractivity contribution in [1.82, 2.24) is 20.4 Å². The number of nitrogens with one attached hydrogen (secondary N) is 2. The van der Waals surface area contributed by atoms with Gasteiger partial charge in [0.1, 0.15) is 11.6 Å². The number of alkyl halides is 3. The maximum atomic E-state index is 14.3. The van der Waals surface area contributed by atoms with E-state index in [2.05, 4.69) is 15.4 Å². The average Bonchev–Trinajstić information content (AvgIpc) is 3.60. The van der Waals surface area contributed by atoms with E-state index < -0.39 is 24.0 Å². The molecule has 8 nitrogen and oxygen atoms in total. The van der Waals surface area contributed by atoms with E-state index in [0.29, 0.717) is 25.6 Å². The van der Waals surface area contributed by atoms with Crippen molar-refractivity contribution >= 4 is 12.1 Å². The van der Waals surface area contributed by atoms with Crippen LogP contribution >= 0.6 is 0 Å². The molecule has 0 spiro atoms. The Morgan fingerprint density at radius 3 is 2.62 bits per heavy atom. The minimum absolute atomic E-state index is 0.00378. The van der Waals surface area contributed by atoms with Gasteiger partial charge in [0.2, 0.25) is 0 Å². The molecule has 0 aromatic heterocycles. The van der Waals surface area contributed by atoms with Crippen LogP contribution in [0.25, 0.3) is 0 Å². The van der Waals surface area contributed by atoms with Crippen molar-refractivity contribution in [1.29, 1.82) is 5.26 Å². The molecule has 3 rings (SSSR count). The Bertz CT molecular complexity index is 974. The van der Waals surface area contributed by atoms with E-state index in [-0.39, 0.29) is 36.1 Å². The zero-order valence-corrected chi connectivity index (χ0v) is 18.4. The summed E-state index contributed by atoms with van der Waals surface area (Å²) in [5.74, 6) is -1.75. The highest BCUT2D eigenvalue weighted by Gasteiger charge is 2.41. The second-order valence-electron chi connectivity index (χ2n) is 8.20. The Morgan fingerprint density at radius 2 is 2.03 bits per heavy atom. The molecule has 1 aromatic rings. The smallest absolute Gasteiger partial charge is 0.406 e. The van der Waals surface area contributed by atoms with Gasteiger partial charge in [-0.15, -0.1) is 13.2 Å². The van der Waals surface area contributed by atoms with Gasteiger partial charge in [0.25, 0.3) is 0 Å². The second-order valence-corrected chi connectivity index (χ2v) is 8.20. The summed E-state index contributed by atoms with van der Waals surface area (Å²) < 4.78 is 54.9. The molecule has 184 valence electrons. The number of carbonyl (C=O) groups excluding carboxylic acids is 2. The van der Waals surface area contributed by atoms with E-state index in [1.807, 2.05) is 6.07 Å². The van der Waals surface area contributed by atoms with E-state index in [1.54, 1.807) is 15.9 Å². The zero-order valence-electron chi connectivity index (χ0n) is 18.4. The third-order valence-corrected chi connectivity index (χ3v) is 5.66. The molecule has 0 bridgehead atoms. The first-order valence-electron chi connectivity index (χ1n) is 10.7. The summed E-state index contributed by atoms with van der Waals surface area (Å²) in [6.07, 6.45) is 0.265. The fraction of sp³-hybridized carbons (Fsp3) is 0.500. The monoisotopic (exact) mass is 483 g/mol. The molecule has 1 saturated heterocycles. The molecule has 2 atom stereocenters. The van der Waals surface area contributed by atoms with Crippen LogP contribution in [0.5, 0.6) is 5.75 Å². The Kier molecular flexibility index (Phi) is 7.86. The number of hydrogen-bond donors (Lipinski definition) is 2. The Morgan fingerprint density at radius 1 is 1.29 bits per heavy atom. The van der Waals surface area contributed by atoms with Crippen molar-refractivity contribution in [2.24, 2.45) is 5.92 Å². The molecule has 1 unspecified atom stereocenters. The van der Waals surface area contributed by atoms with Gasteiger partial charge in [-0.2, -0.15) is 5.26 Å². The fourth-order valence-electron chi connectivity index (χ4n) is 4.07. The van der Waals surface area contributed by atoms with Crippen LogP contribution in [-0.2, 0) is 6.54 Å². The number of nitrogens with zero attached hydrogens (tertiary/aromatic N) is 3. The molecule has 1 aliphatic heterocycles. The predicted molar refractivity (Wildman–Crippen MR) is 113 cm³/mol. The normalized spacial score (nSPS) is 20.5. The standard InChI is InChI=1S/C22H25F4N5O3/c1-28-20(32)30-12-14(3-2-8-27)9-17(13-30)31(16-5-6-16)21(33)29-11-15-4-7-18(10-19(15)23)34-22(24,25)26/h2-4,7,10,14,16-17H,5-6,9,11-13H2,1H3,(H,28,32)(H,29,33)/b3-2+/t14-,17?/m0/s1. The van der Waals surface area contributed by atoms with Gasteiger partial charge in [0, 0.05) is 50.4 Å². The average molecular weight is 483 g/mol. The molecule has 4 amide bonds. The van der Waals surface area contributed by atoms with Gasteiger partial charge < -0.3 is 25.2 Å². The lowest BCUT2D eigenvalue weighted by atomic mass is 9.92. The van der Waals surface area contributed by atoms with Crippen LogP contribution in [0, 0.1) is 23.1 Å². The fourth-order valence-corrected chi connectivity index (χ4v) is 4.07. The van der Waals surface area contributed by atoms with Crippen molar-refractivity contribution in [3.63, 3.8) is 0 Å². The highest BCUT2D eigenvalue weighted by atomic mass is 19.4. The summed E-state index contributed by atoms with van der Waals surface area (Å²) in [7, 11) is 1.51. The topological polar surface area (TPSA) is 97.7 Å². The third kappa shape index (κ3) is 6.76. The van der Waals surface area contributed by atoms with Gasteiger partial charge >= 0.3 is 18.4 Å². The van der Waals surface area contributed by atoms with E-state index in [0.717, 1.165) is 25.0 Å². The number of urea groups is 2. The van der Waals surface area contributed by atoms with Gasteiger partial charge in [-0.25, -0.2) is 14.0 Å². The molecule has 2 N–H and O–H groups in total. The number of ether oxygens (including phenoxy) is 1. The van der Waals surface area contributed by atoms with Gasteiger partial charge in [-0.1, -0.05) is 12.1 Å². The first-order chi connectivity index (χ1) is 16.1. The summed E-state index contributed by atoms with van der Waals surface area (Å²) in [6, 6.07) is 3.55. The molecular weight excluding hydrogens is 458 g/mol. The predicted octanol–water partition coefficient (Wildman–Crippen LogP) is 3.51. The number of benzene rings is 1. The molecule has 12 heteroatoms. The number of hydrogen-bond acceptors (Lipinski definition) is 4. The maximum absolute atomic E-state index is 14.3. The van der Waals surface area contributed by atoms with Crippen LogP contribution in [0.3, 0.4) is 0 Å². The number of amides is 4. The van der Waals surface area contributed by atoms with E-state index >= 15 is 0 Å². The van der Waals surface area contributed by atoms with Crippen LogP contribution < -0.4 is 15.4 Å². The summed E-state index contributed by atoms with van der Waals surface area (Å²) in [5, 5.41) is 14.1. The van der Waals surface area contributed by atoms with Crippen LogP contribution in [0.1, 0.15) is 24.8 Å². The van der Waals surface area contributed by atoms with Crippen LogP contribution in [-0.4, -0.2) is 60.4 Å². The molecule has 34 heavy (non-hydrogen) atoms. The van der Waals surface area contributed by atoms with Gasteiger partial charge in [-0.05, 0) is 31.2 Å².